The van der Waals surface area contributed by atoms with Gasteiger partial charge in [0.05, 0.1) is 0 Å². The van der Waals surface area contributed by atoms with Gasteiger partial charge in [-0.15, -0.1) is 11.3 Å². The molecule has 2 rings (SSSR count). The molecule has 1 fully saturated rings. The van der Waals surface area contributed by atoms with Crippen LogP contribution >= 0.6 is 11.3 Å². The molecule has 0 amide bonds. The molecule has 2 nitrogen and oxygen atoms in total. The number of rotatable bonds is 3. The fourth-order valence-electron chi connectivity index (χ4n) is 3.13. The molecule has 3 unspecified atom stereocenters. The normalized spacial score (nSPS) is 26.9. The van der Waals surface area contributed by atoms with E-state index in [-0.39, 0.29) is 0 Å². The third-order valence-corrected chi connectivity index (χ3v) is 5.70. The maximum atomic E-state index is 3.78. The summed E-state index contributed by atoms with van der Waals surface area (Å²) in [4.78, 5) is 4.22. The van der Waals surface area contributed by atoms with Crippen molar-refractivity contribution in [3.8, 4) is 0 Å². The van der Waals surface area contributed by atoms with Crippen molar-refractivity contribution in [3.63, 3.8) is 0 Å². The van der Waals surface area contributed by atoms with Crippen molar-refractivity contribution >= 4 is 11.3 Å². The van der Waals surface area contributed by atoms with Crippen LogP contribution in [0.1, 0.15) is 52.5 Å². The average molecular weight is 295 g/mol. The van der Waals surface area contributed by atoms with Gasteiger partial charge in [0.25, 0.3) is 0 Å². The zero-order valence-electron chi connectivity index (χ0n) is 13.8. The van der Waals surface area contributed by atoms with Crippen LogP contribution in [0.15, 0.2) is 17.5 Å². The van der Waals surface area contributed by atoms with Crippen LogP contribution in [0.25, 0.3) is 0 Å². The van der Waals surface area contributed by atoms with Gasteiger partial charge < -0.3 is 5.32 Å². The fraction of sp³-hybridized carbons (Fsp3) is 0.765. The molecule has 3 atom stereocenters. The van der Waals surface area contributed by atoms with E-state index in [4.69, 9.17) is 0 Å². The van der Waals surface area contributed by atoms with Crippen LogP contribution in [0.2, 0.25) is 0 Å². The van der Waals surface area contributed by atoms with Crippen LogP contribution in [0.3, 0.4) is 0 Å². The Balaban J connectivity index is 2.19. The molecule has 1 aliphatic rings. The van der Waals surface area contributed by atoms with Gasteiger partial charge in [0.2, 0.25) is 0 Å². The van der Waals surface area contributed by atoms with E-state index in [0.717, 1.165) is 13.1 Å². The molecular formula is C17H30N2S. The second-order valence-electron chi connectivity index (χ2n) is 7.53. The van der Waals surface area contributed by atoms with Gasteiger partial charge in [-0.05, 0) is 29.7 Å². The summed E-state index contributed by atoms with van der Waals surface area (Å²) in [5, 5.41) is 5.98. The minimum Gasteiger partial charge on any atom is -0.311 e. The highest BCUT2D eigenvalue weighted by Crippen LogP contribution is 2.33. The second-order valence-corrected chi connectivity index (χ2v) is 8.51. The molecule has 0 radical (unpaired) electrons. The van der Waals surface area contributed by atoms with Crippen molar-refractivity contribution < 1.29 is 0 Å². The van der Waals surface area contributed by atoms with E-state index in [1.54, 1.807) is 0 Å². The summed E-state index contributed by atoms with van der Waals surface area (Å²) in [5.41, 5.74) is 0.315. The molecule has 1 N–H and O–H groups in total. The lowest BCUT2D eigenvalue weighted by atomic mass is 9.83. The zero-order chi connectivity index (χ0) is 14.9. The van der Waals surface area contributed by atoms with Gasteiger partial charge in [0.15, 0.2) is 0 Å². The molecule has 2 heterocycles. The van der Waals surface area contributed by atoms with E-state index in [2.05, 4.69) is 69.3 Å². The van der Waals surface area contributed by atoms with Crippen LogP contribution in [0.5, 0.6) is 0 Å². The zero-order valence-corrected chi connectivity index (χ0v) is 14.6. The predicted molar refractivity (Wildman–Crippen MR) is 89.3 cm³/mol. The van der Waals surface area contributed by atoms with E-state index in [9.17, 15) is 0 Å². The molecule has 0 aromatic carbocycles. The lowest BCUT2D eigenvalue weighted by Gasteiger charge is -2.48. The Hall–Kier alpha value is -0.380. The molecule has 0 aliphatic carbocycles. The SMILES string of the molecule is CC(C)C1CNC(C(C)(C)C)CN1C(C)c1cccs1. The minimum absolute atomic E-state index is 0.315. The van der Waals surface area contributed by atoms with Crippen molar-refractivity contribution in [2.24, 2.45) is 11.3 Å². The molecule has 1 saturated heterocycles. The smallest absolute Gasteiger partial charge is 0.0417 e. The van der Waals surface area contributed by atoms with Crippen molar-refractivity contribution in [3.05, 3.63) is 22.4 Å². The maximum Gasteiger partial charge on any atom is 0.0417 e. The van der Waals surface area contributed by atoms with E-state index in [1.165, 1.54) is 4.88 Å². The Bertz CT molecular complexity index is 405. The van der Waals surface area contributed by atoms with Crippen LogP contribution in [0, 0.1) is 11.3 Å². The molecule has 1 aromatic rings. The third kappa shape index (κ3) is 3.44. The molecule has 20 heavy (non-hydrogen) atoms. The Morgan fingerprint density at radius 2 is 2.00 bits per heavy atom. The van der Waals surface area contributed by atoms with Crippen molar-refractivity contribution in [2.45, 2.75) is 59.7 Å². The van der Waals surface area contributed by atoms with Gasteiger partial charge in [-0.1, -0.05) is 40.7 Å². The highest BCUT2D eigenvalue weighted by Gasteiger charge is 2.37. The first-order valence-corrected chi connectivity index (χ1v) is 8.71. The van der Waals surface area contributed by atoms with Gasteiger partial charge >= 0.3 is 0 Å². The Labute approximate surface area is 128 Å². The largest absolute Gasteiger partial charge is 0.311 e. The number of hydrogen-bond donors (Lipinski definition) is 1. The van der Waals surface area contributed by atoms with E-state index in [1.807, 2.05) is 11.3 Å². The van der Waals surface area contributed by atoms with Crippen LogP contribution in [-0.4, -0.2) is 30.1 Å². The van der Waals surface area contributed by atoms with Crippen molar-refractivity contribution in [1.82, 2.24) is 10.2 Å². The van der Waals surface area contributed by atoms with E-state index < -0.39 is 0 Å². The lowest BCUT2D eigenvalue weighted by Crippen LogP contribution is -2.61. The summed E-state index contributed by atoms with van der Waals surface area (Å²) in [5.74, 6) is 0.686. The summed E-state index contributed by atoms with van der Waals surface area (Å²) in [6.07, 6.45) is 0. The number of nitrogens with one attached hydrogen (secondary N) is 1. The van der Waals surface area contributed by atoms with Gasteiger partial charge in [-0.3, -0.25) is 4.90 Å². The monoisotopic (exact) mass is 294 g/mol. The van der Waals surface area contributed by atoms with Crippen LogP contribution < -0.4 is 5.32 Å². The van der Waals surface area contributed by atoms with Gasteiger partial charge in [0.1, 0.15) is 0 Å². The number of piperazine rings is 1. The molecule has 3 heteroatoms. The number of hydrogen-bond acceptors (Lipinski definition) is 3. The molecule has 0 bridgehead atoms. The maximum absolute atomic E-state index is 3.78. The highest BCUT2D eigenvalue weighted by atomic mass is 32.1. The summed E-state index contributed by atoms with van der Waals surface area (Å²) < 4.78 is 0. The minimum atomic E-state index is 0.315. The van der Waals surface area contributed by atoms with Gasteiger partial charge in [-0.2, -0.15) is 0 Å². The molecule has 114 valence electrons. The topological polar surface area (TPSA) is 15.3 Å². The summed E-state index contributed by atoms with van der Waals surface area (Å²) in [6, 6.07) is 6.17. The Kier molecular flexibility index (Phi) is 4.93. The summed E-state index contributed by atoms with van der Waals surface area (Å²) in [7, 11) is 0. The Morgan fingerprint density at radius 3 is 2.50 bits per heavy atom. The van der Waals surface area contributed by atoms with Crippen molar-refractivity contribution in [2.75, 3.05) is 13.1 Å². The fourth-order valence-corrected chi connectivity index (χ4v) is 3.93. The Morgan fingerprint density at radius 1 is 1.30 bits per heavy atom. The summed E-state index contributed by atoms with van der Waals surface area (Å²) >= 11 is 1.89. The van der Waals surface area contributed by atoms with Crippen LogP contribution in [-0.2, 0) is 0 Å². The molecule has 0 spiro atoms. The summed E-state index contributed by atoms with van der Waals surface area (Å²) in [6.45, 7) is 16.3. The third-order valence-electron chi connectivity index (χ3n) is 4.66. The highest BCUT2D eigenvalue weighted by molar-refractivity contribution is 7.10. The standard InChI is InChI=1S/C17H30N2S/c1-12(2)14-10-18-16(17(4,5)6)11-19(14)13(3)15-8-7-9-20-15/h7-9,12-14,16,18H,10-11H2,1-6H3. The molecular weight excluding hydrogens is 264 g/mol. The van der Waals surface area contributed by atoms with E-state index in [0.29, 0.717) is 29.5 Å². The number of thiophene rings is 1. The lowest BCUT2D eigenvalue weighted by molar-refractivity contribution is 0.0350. The average Bonchev–Trinajstić information content (AvgIpc) is 2.89. The van der Waals surface area contributed by atoms with Gasteiger partial charge in [-0.25, -0.2) is 0 Å². The second kappa shape index (κ2) is 6.17. The first-order valence-electron chi connectivity index (χ1n) is 7.83. The first-order chi connectivity index (χ1) is 9.30. The first kappa shape index (κ1) is 16.0. The van der Waals surface area contributed by atoms with Crippen LogP contribution in [0.4, 0.5) is 0 Å². The quantitative estimate of drug-likeness (QED) is 0.901. The molecule has 1 aromatic heterocycles. The molecule has 0 saturated carbocycles. The van der Waals surface area contributed by atoms with E-state index >= 15 is 0 Å². The molecule has 1 aliphatic heterocycles. The van der Waals surface area contributed by atoms with Gasteiger partial charge in [0, 0.05) is 36.1 Å². The predicted octanol–water partition coefficient (Wildman–Crippen LogP) is 4.15. The number of nitrogens with zero attached hydrogens (tertiary/aromatic N) is 1. The van der Waals surface area contributed by atoms with Crippen molar-refractivity contribution in [1.29, 1.82) is 0 Å².